The van der Waals surface area contributed by atoms with Crippen LogP contribution in [0.4, 0.5) is 5.69 Å². The lowest BCUT2D eigenvalue weighted by molar-refractivity contribution is 0.0949. The smallest absolute Gasteiger partial charge is 0.255 e. The van der Waals surface area contributed by atoms with Crippen molar-refractivity contribution in [1.29, 1.82) is 0 Å². The van der Waals surface area contributed by atoms with Crippen LogP contribution < -0.4 is 15.8 Å². The molecule has 0 aliphatic heterocycles. The fourth-order valence-electron chi connectivity index (χ4n) is 1.73. The lowest BCUT2D eigenvalue weighted by atomic mass is 10.2. The van der Waals surface area contributed by atoms with Crippen LogP contribution >= 0.6 is 15.9 Å². The first kappa shape index (κ1) is 14.4. The van der Waals surface area contributed by atoms with E-state index in [1.165, 1.54) is 7.11 Å². The molecule has 1 amide bonds. The Balaban J connectivity index is 1.95. The molecule has 2 aromatic rings. The van der Waals surface area contributed by atoms with Crippen molar-refractivity contribution in [3.05, 3.63) is 40.6 Å². The molecule has 6 nitrogen and oxygen atoms in total. The summed E-state index contributed by atoms with van der Waals surface area (Å²) in [7, 11) is 1.53. The number of carbonyl (C=O) groups excluding carboxylic acids is 1. The van der Waals surface area contributed by atoms with Crippen molar-refractivity contribution < 1.29 is 9.53 Å². The highest BCUT2D eigenvalue weighted by molar-refractivity contribution is 9.10. The number of nitrogens with one attached hydrogen (secondary N) is 1. The Morgan fingerprint density at radius 3 is 3.00 bits per heavy atom. The van der Waals surface area contributed by atoms with E-state index in [9.17, 15) is 4.79 Å². The Bertz CT molecular complexity index is 612. The third-order valence-electron chi connectivity index (χ3n) is 2.69. The lowest BCUT2D eigenvalue weighted by Gasteiger charge is -2.09. The minimum atomic E-state index is -0.186. The fraction of sp³-hybridized carbons (Fsp3) is 0.231. The van der Waals surface area contributed by atoms with Crippen LogP contribution in [0.3, 0.4) is 0 Å². The standard InChI is InChI=1S/C13H15BrN4O2/c1-20-12-6-9(14)2-3-11(12)13(19)16-4-5-18-8-10(15)7-17-18/h2-3,6-8H,4-5,15H2,1H3,(H,16,19). The number of hydrogen-bond acceptors (Lipinski definition) is 4. The number of ether oxygens (including phenoxy) is 1. The molecule has 0 unspecified atom stereocenters. The second-order valence-electron chi connectivity index (χ2n) is 4.14. The third-order valence-corrected chi connectivity index (χ3v) is 3.18. The molecular weight excluding hydrogens is 324 g/mol. The van der Waals surface area contributed by atoms with E-state index in [1.807, 2.05) is 0 Å². The molecule has 1 heterocycles. The van der Waals surface area contributed by atoms with Gasteiger partial charge in [-0.1, -0.05) is 15.9 Å². The van der Waals surface area contributed by atoms with Crippen molar-refractivity contribution in [2.45, 2.75) is 6.54 Å². The van der Waals surface area contributed by atoms with Crippen LogP contribution in [-0.4, -0.2) is 29.3 Å². The van der Waals surface area contributed by atoms with Crippen LogP contribution in [0.15, 0.2) is 35.1 Å². The van der Waals surface area contributed by atoms with Crippen LogP contribution in [0, 0.1) is 0 Å². The van der Waals surface area contributed by atoms with E-state index in [4.69, 9.17) is 10.5 Å². The summed E-state index contributed by atoms with van der Waals surface area (Å²) in [4.78, 5) is 12.1. The van der Waals surface area contributed by atoms with E-state index >= 15 is 0 Å². The average Bonchev–Trinajstić information content (AvgIpc) is 2.84. The number of aromatic nitrogens is 2. The Morgan fingerprint density at radius 2 is 2.35 bits per heavy atom. The van der Waals surface area contributed by atoms with E-state index in [-0.39, 0.29) is 5.91 Å². The molecule has 0 saturated carbocycles. The summed E-state index contributed by atoms with van der Waals surface area (Å²) in [5, 5.41) is 6.86. The molecule has 0 saturated heterocycles. The second-order valence-corrected chi connectivity index (χ2v) is 5.05. The van der Waals surface area contributed by atoms with Gasteiger partial charge in [-0.05, 0) is 18.2 Å². The van der Waals surface area contributed by atoms with Crippen molar-refractivity contribution >= 4 is 27.5 Å². The van der Waals surface area contributed by atoms with Crippen LogP contribution in [0.1, 0.15) is 10.4 Å². The normalized spacial score (nSPS) is 10.3. The average molecular weight is 339 g/mol. The summed E-state index contributed by atoms with van der Waals surface area (Å²) in [5.74, 6) is 0.342. The SMILES string of the molecule is COc1cc(Br)ccc1C(=O)NCCn1cc(N)cn1. The molecule has 0 fully saturated rings. The zero-order valence-corrected chi connectivity index (χ0v) is 12.6. The number of carbonyl (C=O) groups is 1. The number of nitrogen functional groups attached to an aromatic ring is 1. The summed E-state index contributed by atoms with van der Waals surface area (Å²) < 4.78 is 7.72. The highest BCUT2D eigenvalue weighted by atomic mass is 79.9. The Morgan fingerprint density at radius 1 is 1.55 bits per heavy atom. The Hall–Kier alpha value is -2.02. The predicted octanol–water partition coefficient (Wildman–Crippen LogP) is 1.67. The Kier molecular flexibility index (Phi) is 4.62. The monoisotopic (exact) mass is 338 g/mol. The zero-order valence-electron chi connectivity index (χ0n) is 11.0. The largest absolute Gasteiger partial charge is 0.496 e. The van der Waals surface area contributed by atoms with Crippen LogP contribution in [0.2, 0.25) is 0 Å². The van der Waals surface area contributed by atoms with Crippen molar-refractivity contribution in [2.75, 3.05) is 19.4 Å². The molecule has 1 aromatic carbocycles. The maximum atomic E-state index is 12.1. The molecule has 106 valence electrons. The summed E-state index contributed by atoms with van der Waals surface area (Å²) in [6.07, 6.45) is 3.28. The van der Waals surface area contributed by atoms with Crippen molar-refractivity contribution in [3.8, 4) is 5.75 Å². The minimum Gasteiger partial charge on any atom is -0.496 e. The number of anilines is 1. The van der Waals surface area contributed by atoms with E-state index in [2.05, 4.69) is 26.3 Å². The second kappa shape index (κ2) is 6.42. The Labute approximate surface area is 125 Å². The van der Waals surface area contributed by atoms with Crippen LogP contribution in [-0.2, 0) is 6.54 Å². The number of rotatable bonds is 5. The maximum absolute atomic E-state index is 12.1. The molecule has 20 heavy (non-hydrogen) atoms. The molecular formula is C13H15BrN4O2. The number of methoxy groups -OCH3 is 1. The summed E-state index contributed by atoms with van der Waals surface area (Å²) in [6.45, 7) is 1.01. The van der Waals surface area contributed by atoms with E-state index in [0.29, 0.717) is 30.1 Å². The maximum Gasteiger partial charge on any atom is 0.255 e. The molecule has 0 bridgehead atoms. The van der Waals surface area contributed by atoms with Crippen molar-refractivity contribution in [2.24, 2.45) is 0 Å². The summed E-state index contributed by atoms with van der Waals surface area (Å²) in [5.41, 5.74) is 6.66. The molecule has 2 rings (SSSR count). The molecule has 1 aromatic heterocycles. The molecule has 7 heteroatoms. The van der Waals surface area contributed by atoms with Gasteiger partial charge in [-0.25, -0.2) is 0 Å². The molecule has 3 N–H and O–H groups in total. The van der Waals surface area contributed by atoms with E-state index in [1.54, 1.807) is 35.3 Å². The van der Waals surface area contributed by atoms with E-state index in [0.717, 1.165) is 4.47 Å². The van der Waals surface area contributed by atoms with Gasteiger partial charge in [0, 0.05) is 17.2 Å². The molecule has 0 spiro atoms. The molecule has 0 radical (unpaired) electrons. The van der Waals surface area contributed by atoms with Gasteiger partial charge in [-0.2, -0.15) is 5.10 Å². The van der Waals surface area contributed by atoms with Gasteiger partial charge in [0.05, 0.1) is 31.1 Å². The lowest BCUT2D eigenvalue weighted by Crippen LogP contribution is -2.27. The zero-order chi connectivity index (χ0) is 14.5. The number of hydrogen-bond donors (Lipinski definition) is 2. The van der Waals surface area contributed by atoms with Crippen LogP contribution in [0.25, 0.3) is 0 Å². The minimum absolute atomic E-state index is 0.186. The van der Waals surface area contributed by atoms with Crippen LogP contribution in [0.5, 0.6) is 5.75 Å². The highest BCUT2D eigenvalue weighted by Gasteiger charge is 2.11. The third kappa shape index (κ3) is 3.51. The first-order chi connectivity index (χ1) is 9.60. The van der Waals surface area contributed by atoms with Gasteiger partial charge in [0.25, 0.3) is 5.91 Å². The number of nitrogens with two attached hydrogens (primary N) is 1. The number of halogens is 1. The molecule has 0 atom stereocenters. The van der Waals surface area contributed by atoms with Gasteiger partial charge < -0.3 is 15.8 Å². The highest BCUT2D eigenvalue weighted by Crippen LogP contribution is 2.23. The van der Waals surface area contributed by atoms with E-state index < -0.39 is 0 Å². The number of benzene rings is 1. The van der Waals surface area contributed by atoms with Gasteiger partial charge in [0.2, 0.25) is 0 Å². The molecule has 0 aliphatic carbocycles. The first-order valence-corrected chi connectivity index (χ1v) is 6.79. The summed E-state index contributed by atoms with van der Waals surface area (Å²) >= 11 is 3.34. The van der Waals surface area contributed by atoms with Gasteiger partial charge in [-0.15, -0.1) is 0 Å². The topological polar surface area (TPSA) is 82.2 Å². The van der Waals surface area contributed by atoms with Crippen molar-refractivity contribution in [1.82, 2.24) is 15.1 Å². The quantitative estimate of drug-likeness (QED) is 0.868. The number of nitrogens with zero attached hydrogens (tertiary/aromatic N) is 2. The predicted molar refractivity (Wildman–Crippen MR) is 79.7 cm³/mol. The van der Waals surface area contributed by atoms with Gasteiger partial charge in [-0.3, -0.25) is 9.48 Å². The first-order valence-electron chi connectivity index (χ1n) is 6.00. The van der Waals surface area contributed by atoms with Gasteiger partial charge >= 0.3 is 0 Å². The molecule has 0 aliphatic rings. The van der Waals surface area contributed by atoms with Gasteiger partial charge in [0.1, 0.15) is 5.75 Å². The van der Waals surface area contributed by atoms with Gasteiger partial charge in [0.15, 0.2) is 0 Å². The van der Waals surface area contributed by atoms with Crippen molar-refractivity contribution in [3.63, 3.8) is 0 Å². The fourth-order valence-corrected chi connectivity index (χ4v) is 2.07. The summed E-state index contributed by atoms with van der Waals surface area (Å²) in [6, 6.07) is 5.26. The number of amides is 1.